The van der Waals surface area contributed by atoms with Gasteiger partial charge in [0.2, 0.25) is 0 Å². The Balaban J connectivity index is 2.86. The molecule has 0 saturated heterocycles. The molecule has 0 saturated carbocycles. The summed E-state index contributed by atoms with van der Waals surface area (Å²) >= 11 is 0. The third-order valence-corrected chi connectivity index (χ3v) is 3.86. The van der Waals surface area contributed by atoms with E-state index in [0.29, 0.717) is 12.0 Å². The summed E-state index contributed by atoms with van der Waals surface area (Å²) < 4.78 is 9.32. The highest BCUT2D eigenvalue weighted by Gasteiger charge is 2.24. The van der Waals surface area contributed by atoms with Gasteiger partial charge < -0.3 is 14.6 Å². The zero-order chi connectivity index (χ0) is 17.2. The molecule has 0 radical (unpaired) electrons. The van der Waals surface area contributed by atoms with Gasteiger partial charge in [0.25, 0.3) is 0 Å². The van der Waals surface area contributed by atoms with Crippen LogP contribution in [-0.4, -0.2) is 31.3 Å². The molecule has 0 aliphatic heterocycles. The molecule has 0 heterocycles. The first kappa shape index (κ1) is 19.0. The van der Waals surface area contributed by atoms with Crippen molar-refractivity contribution in [2.45, 2.75) is 51.9 Å². The fraction of sp³-hybridized carbons (Fsp3) is 0.556. The van der Waals surface area contributed by atoms with Crippen molar-refractivity contribution in [3.05, 3.63) is 28.8 Å². The highest BCUT2D eigenvalue weighted by atomic mass is 16.5. The minimum Gasteiger partial charge on any atom is -0.507 e. The number of ether oxygens (including phenoxy) is 2. The maximum absolute atomic E-state index is 11.9. The van der Waals surface area contributed by atoms with Crippen LogP contribution in [0.3, 0.4) is 0 Å². The first-order chi connectivity index (χ1) is 11.1. The van der Waals surface area contributed by atoms with Crippen LogP contribution in [0.5, 0.6) is 5.75 Å². The molecular formula is C18H26O5. The zero-order valence-corrected chi connectivity index (χ0v) is 14.2. The Morgan fingerprint density at radius 3 is 2.17 bits per heavy atom. The maximum Gasteiger partial charge on any atom is 0.342 e. The molecule has 1 aromatic carbocycles. The summed E-state index contributed by atoms with van der Waals surface area (Å²) in [4.78, 5) is 23.6. The van der Waals surface area contributed by atoms with Crippen LogP contribution in [0.2, 0.25) is 0 Å². The second-order valence-electron chi connectivity index (χ2n) is 5.50. The number of esters is 2. The van der Waals surface area contributed by atoms with Gasteiger partial charge in [-0.05, 0) is 24.5 Å². The van der Waals surface area contributed by atoms with E-state index < -0.39 is 11.9 Å². The van der Waals surface area contributed by atoms with Crippen molar-refractivity contribution >= 4 is 11.9 Å². The molecule has 0 spiro atoms. The Kier molecular flexibility index (Phi) is 8.16. The molecule has 0 fully saturated rings. The fourth-order valence-corrected chi connectivity index (χ4v) is 2.52. The number of carbonyl (C=O) groups excluding carboxylic acids is 2. The number of aromatic hydroxyl groups is 1. The summed E-state index contributed by atoms with van der Waals surface area (Å²) in [6, 6.07) is 3.17. The van der Waals surface area contributed by atoms with Crippen molar-refractivity contribution in [2.75, 3.05) is 14.2 Å². The number of hydrogen-bond acceptors (Lipinski definition) is 5. The first-order valence-corrected chi connectivity index (χ1v) is 8.08. The monoisotopic (exact) mass is 322 g/mol. The summed E-state index contributed by atoms with van der Waals surface area (Å²) in [5.41, 5.74) is 0.542. The average molecular weight is 322 g/mol. The lowest BCUT2D eigenvalue weighted by atomic mass is 9.98. The molecule has 23 heavy (non-hydrogen) atoms. The maximum atomic E-state index is 11.9. The second kappa shape index (κ2) is 9.87. The molecule has 0 unspecified atom stereocenters. The van der Waals surface area contributed by atoms with Crippen LogP contribution in [0.25, 0.3) is 0 Å². The van der Waals surface area contributed by atoms with Gasteiger partial charge in [-0.3, -0.25) is 0 Å². The number of benzene rings is 1. The molecule has 0 aliphatic rings. The van der Waals surface area contributed by atoms with Crippen LogP contribution < -0.4 is 0 Å². The lowest BCUT2D eigenvalue weighted by Crippen LogP contribution is -2.13. The van der Waals surface area contributed by atoms with E-state index in [1.54, 1.807) is 6.07 Å². The average Bonchev–Trinajstić information content (AvgIpc) is 2.57. The predicted molar refractivity (Wildman–Crippen MR) is 87.9 cm³/mol. The van der Waals surface area contributed by atoms with Gasteiger partial charge in [-0.2, -0.15) is 0 Å². The van der Waals surface area contributed by atoms with E-state index in [4.69, 9.17) is 0 Å². The number of methoxy groups -OCH3 is 2. The van der Waals surface area contributed by atoms with Crippen LogP contribution in [0.1, 0.15) is 71.7 Å². The molecule has 1 aromatic rings. The van der Waals surface area contributed by atoms with Gasteiger partial charge in [-0.1, -0.05) is 45.1 Å². The van der Waals surface area contributed by atoms with Crippen LogP contribution in [0.4, 0.5) is 0 Å². The number of unbranched alkanes of at least 4 members (excludes halogenated alkanes) is 5. The van der Waals surface area contributed by atoms with E-state index in [0.717, 1.165) is 12.8 Å². The molecule has 5 heteroatoms. The molecule has 0 bridgehead atoms. The second-order valence-corrected chi connectivity index (χ2v) is 5.50. The van der Waals surface area contributed by atoms with Crippen LogP contribution in [-0.2, 0) is 15.9 Å². The van der Waals surface area contributed by atoms with Crippen molar-refractivity contribution in [3.8, 4) is 5.75 Å². The quantitative estimate of drug-likeness (QED) is 0.552. The lowest BCUT2D eigenvalue weighted by molar-refractivity contribution is 0.0552. The standard InChI is InChI=1S/C18H26O5/c1-4-5-6-7-8-9-10-13-11-12-14(17(20)22-2)15(16(13)19)18(21)23-3/h11-12,19H,4-10H2,1-3H3. The van der Waals surface area contributed by atoms with Crippen molar-refractivity contribution in [3.63, 3.8) is 0 Å². The van der Waals surface area contributed by atoms with Gasteiger partial charge in [0.15, 0.2) is 0 Å². The van der Waals surface area contributed by atoms with Gasteiger partial charge in [-0.25, -0.2) is 9.59 Å². The van der Waals surface area contributed by atoms with Gasteiger partial charge in [0.05, 0.1) is 19.8 Å². The van der Waals surface area contributed by atoms with Crippen molar-refractivity contribution in [1.29, 1.82) is 0 Å². The molecule has 1 N–H and O–H groups in total. The normalized spacial score (nSPS) is 10.4. The van der Waals surface area contributed by atoms with Gasteiger partial charge in [0.1, 0.15) is 11.3 Å². The number of hydrogen-bond donors (Lipinski definition) is 1. The summed E-state index contributed by atoms with van der Waals surface area (Å²) in [7, 11) is 2.44. The number of aryl methyl sites for hydroxylation is 1. The third-order valence-electron chi connectivity index (χ3n) is 3.86. The highest BCUT2D eigenvalue weighted by Crippen LogP contribution is 2.29. The topological polar surface area (TPSA) is 72.8 Å². The number of phenolic OH excluding ortho intramolecular Hbond substituents is 1. The number of carbonyl (C=O) groups is 2. The minimum absolute atomic E-state index is 0.0172. The number of rotatable bonds is 9. The third kappa shape index (κ3) is 5.27. The SMILES string of the molecule is CCCCCCCCc1ccc(C(=O)OC)c(C(=O)OC)c1O. The Morgan fingerprint density at radius 2 is 1.57 bits per heavy atom. The zero-order valence-electron chi connectivity index (χ0n) is 14.2. The first-order valence-electron chi connectivity index (χ1n) is 8.08. The summed E-state index contributed by atoms with van der Waals surface area (Å²) in [6.45, 7) is 2.18. The molecule has 0 atom stereocenters. The van der Waals surface area contributed by atoms with Gasteiger partial charge >= 0.3 is 11.9 Å². The van der Waals surface area contributed by atoms with Gasteiger partial charge in [-0.15, -0.1) is 0 Å². The molecule has 0 aromatic heterocycles. The van der Waals surface area contributed by atoms with Crippen LogP contribution >= 0.6 is 0 Å². The predicted octanol–water partition coefficient (Wildman–Crippen LogP) is 3.87. The molecular weight excluding hydrogens is 296 g/mol. The molecule has 0 aliphatic carbocycles. The molecule has 0 amide bonds. The summed E-state index contributed by atoms with van der Waals surface area (Å²) in [6.07, 6.45) is 7.49. The van der Waals surface area contributed by atoms with Crippen molar-refractivity contribution in [1.82, 2.24) is 0 Å². The molecule has 128 valence electrons. The van der Waals surface area contributed by atoms with E-state index in [1.165, 1.54) is 46.0 Å². The van der Waals surface area contributed by atoms with Crippen LogP contribution in [0, 0.1) is 0 Å². The van der Waals surface area contributed by atoms with Crippen molar-refractivity contribution < 1.29 is 24.2 Å². The van der Waals surface area contributed by atoms with E-state index in [-0.39, 0.29) is 16.9 Å². The van der Waals surface area contributed by atoms with E-state index >= 15 is 0 Å². The van der Waals surface area contributed by atoms with E-state index in [2.05, 4.69) is 16.4 Å². The smallest absolute Gasteiger partial charge is 0.342 e. The minimum atomic E-state index is -0.743. The largest absolute Gasteiger partial charge is 0.507 e. The lowest BCUT2D eigenvalue weighted by Gasteiger charge is -2.12. The number of phenols is 1. The van der Waals surface area contributed by atoms with E-state index in [9.17, 15) is 14.7 Å². The van der Waals surface area contributed by atoms with Gasteiger partial charge in [0, 0.05) is 0 Å². The summed E-state index contributed by atoms with van der Waals surface area (Å²) in [5, 5.41) is 10.3. The Hall–Kier alpha value is -2.04. The fourth-order valence-electron chi connectivity index (χ4n) is 2.52. The Morgan fingerprint density at radius 1 is 0.957 bits per heavy atom. The Labute approximate surface area is 137 Å². The highest BCUT2D eigenvalue weighted by molar-refractivity contribution is 6.05. The van der Waals surface area contributed by atoms with Crippen molar-refractivity contribution in [2.24, 2.45) is 0 Å². The molecule has 5 nitrogen and oxygen atoms in total. The molecule has 1 rings (SSSR count). The van der Waals surface area contributed by atoms with Crippen LogP contribution in [0.15, 0.2) is 12.1 Å². The Bertz CT molecular complexity index is 536. The summed E-state index contributed by atoms with van der Waals surface area (Å²) in [5.74, 6) is -1.60. The van der Waals surface area contributed by atoms with E-state index in [1.807, 2.05) is 0 Å².